The van der Waals surface area contributed by atoms with Gasteiger partial charge in [0.25, 0.3) is 0 Å². The second kappa shape index (κ2) is 20.8. The van der Waals surface area contributed by atoms with E-state index < -0.39 is 0 Å². The number of hydrogen-bond acceptors (Lipinski definition) is 8. The Kier molecular flexibility index (Phi) is 13.5. The van der Waals surface area contributed by atoms with Crippen molar-refractivity contribution >= 4 is 0 Å². The molecule has 0 saturated heterocycles. The minimum atomic E-state index is 0.291. The highest BCUT2D eigenvalue weighted by molar-refractivity contribution is 5.56. The molecule has 68 heavy (non-hydrogen) atoms. The van der Waals surface area contributed by atoms with Crippen molar-refractivity contribution in [2.75, 3.05) is 0 Å². The van der Waals surface area contributed by atoms with Crippen molar-refractivity contribution in [3.05, 3.63) is 259 Å². The van der Waals surface area contributed by atoms with Crippen LogP contribution in [0, 0.1) is 45.3 Å². The number of hydrogen-bond donors (Lipinski definition) is 0. The fourth-order valence-corrected chi connectivity index (χ4v) is 8.55. The summed E-state index contributed by atoms with van der Waals surface area (Å²) in [6.45, 7) is 1.17. The molecule has 9 rings (SSSR count). The third kappa shape index (κ3) is 10.4. The lowest BCUT2D eigenvalue weighted by Gasteiger charge is -2.23. The van der Waals surface area contributed by atoms with Gasteiger partial charge in [0, 0.05) is 25.7 Å². The van der Waals surface area contributed by atoms with E-state index in [1.807, 2.05) is 48.5 Å². The first-order chi connectivity index (χ1) is 33.5. The number of rotatable bonds is 12. The monoisotopic (exact) mass is 884 g/mol. The van der Waals surface area contributed by atoms with Crippen LogP contribution in [-0.2, 0) is 52.1 Å². The normalized spacial score (nSPS) is 11.5. The van der Waals surface area contributed by atoms with Crippen LogP contribution in [0.4, 0.5) is 0 Å². The van der Waals surface area contributed by atoms with E-state index in [-0.39, 0.29) is 0 Å². The van der Waals surface area contributed by atoms with Crippen LogP contribution in [0.1, 0.15) is 89.0 Å². The molecule has 0 fully saturated rings. The van der Waals surface area contributed by atoms with Gasteiger partial charge < -0.3 is 18.9 Å². The molecule has 8 heteroatoms. The highest BCUT2D eigenvalue weighted by Gasteiger charge is 2.22. The fraction of sp³-hybridized carbons (Fsp3) is 0.133. The van der Waals surface area contributed by atoms with Crippen molar-refractivity contribution in [3.63, 3.8) is 0 Å². The second-order valence-corrected chi connectivity index (χ2v) is 16.7. The fourth-order valence-electron chi connectivity index (χ4n) is 8.55. The van der Waals surface area contributed by atoms with Crippen LogP contribution in [0.15, 0.2) is 170 Å². The molecule has 0 spiro atoms. The van der Waals surface area contributed by atoms with Gasteiger partial charge in [0.15, 0.2) is 0 Å². The van der Waals surface area contributed by atoms with Gasteiger partial charge in [-0.3, -0.25) is 0 Å². The van der Waals surface area contributed by atoms with Gasteiger partial charge in [-0.15, -0.1) is 0 Å². The molecule has 0 aromatic heterocycles. The van der Waals surface area contributed by atoms with E-state index in [1.165, 1.54) is 0 Å². The summed E-state index contributed by atoms with van der Waals surface area (Å²) in [6.07, 6.45) is 1.99. The third-order valence-corrected chi connectivity index (χ3v) is 12.1. The number of nitriles is 4. The molecular weight excluding hydrogens is 841 g/mol. The summed E-state index contributed by atoms with van der Waals surface area (Å²) in [6, 6.07) is 63.8. The maximum atomic E-state index is 9.47. The van der Waals surface area contributed by atoms with Crippen molar-refractivity contribution in [1.82, 2.24) is 0 Å². The van der Waals surface area contributed by atoms with Gasteiger partial charge in [0.1, 0.15) is 49.4 Å². The average Bonchev–Trinajstić information content (AvgIpc) is 3.38. The van der Waals surface area contributed by atoms with E-state index in [0.717, 1.165) is 89.8 Å². The molecule has 0 aliphatic heterocycles. The van der Waals surface area contributed by atoms with Crippen LogP contribution in [0.25, 0.3) is 0 Å². The summed E-state index contributed by atoms with van der Waals surface area (Å²) in [5.74, 6) is 3.05. The largest absolute Gasteiger partial charge is 0.488 e. The van der Waals surface area contributed by atoms with Gasteiger partial charge in [0.05, 0.1) is 46.5 Å². The van der Waals surface area contributed by atoms with Crippen LogP contribution in [0.3, 0.4) is 0 Å². The predicted molar refractivity (Wildman–Crippen MR) is 259 cm³/mol. The molecule has 0 radical (unpaired) electrons. The Morgan fingerprint density at radius 3 is 0.603 bits per heavy atom. The van der Waals surface area contributed by atoms with Crippen molar-refractivity contribution in [2.45, 2.75) is 52.1 Å². The van der Waals surface area contributed by atoms with Crippen LogP contribution < -0.4 is 18.9 Å². The number of fused-ring (bicyclic) bond motifs is 8. The van der Waals surface area contributed by atoms with E-state index in [9.17, 15) is 21.0 Å². The van der Waals surface area contributed by atoms with Gasteiger partial charge >= 0.3 is 0 Å². The number of benzene rings is 8. The van der Waals surface area contributed by atoms with Crippen molar-refractivity contribution in [2.24, 2.45) is 0 Å². The van der Waals surface area contributed by atoms with Crippen LogP contribution in [0.2, 0.25) is 0 Å². The molecule has 8 bridgehead atoms. The first-order valence-electron chi connectivity index (χ1n) is 22.4. The van der Waals surface area contributed by atoms with Crippen LogP contribution in [0.5, 0.6) is 23.0 Å². The van der Waals surface area contributed by atoms with Crippen molar-refractivity contribution in [3.8, 4) is 47.3 Å². The van der Waals surface area contributed by atoms with Gasteiger partial charge in [-0.05, 0) is 115 Å². The number of nitrogens with zero attached hydrogens (tertiary/aromatic N) is 4. The van der Waals surface area contributed by atoms with E-state index in [2.05, 4.69) is 97.1 Å². The zero-order valence-electron chi connectivity index (χ0n) is 37.2. The Labute approximate surface area is 396 Å². The van der Waals surface area contributed by atoms with Crippen molar-refractivity contribution < 1.29 is 18.9 Å². The summed E-state index contributed by atoms with van der Waals surface area (Å²) in [7, 11) is 0. The molecule has 0 unspecified atom stereocenters. The lowest BCUT2D eigenvalue weighted by atomic mass is 9.91. The first kappa shape index (κ1) is 44.1. The molecular formula is C60H44N4O4. The zero-order chi connectivity index (χ0) is 46.7. The Hall–Kier alpha value is -9.08. The van der Waals surface area contributed by atoms with Gasteiger partial charge in [0.2, 0.25) is 0 Å². The van der Waals surface area contributed by atoms with Gasteiger partial charge in [-0.25, -0.2) is 0 Å². The highest BCUT2D eigenvalue weighted by atomic mass is 16.5. The lowest BCUT2D eigenvalue weighted by molar-refractivity contribution is 0.293. The molecule has 0 atom stereocenters. The van der Waals surface area contributed by atoms with E-state index in [4.69, 9.17) is 18.9 Å². The summed E-state index contributed by atoms with van der Waals surface area (Å²) in [5.41, 5.74) is 13.9. The van der Waals surface area contributed by atoms with Gasteiger partial charge in [-0.2, -0.15) is 21.0 Å². The molecule has 8 aromatic rings. The molecule has 8 aromatic carbocycles. The Balaban J connectivity index is 1.18. The predicted octanol–water partition coefficient (Wildman–Crippen LogP) is 12.2. The number of ether oxygens (including phenoxy) is 4. The molecule has 0 amide bonds. The molecule has 0 saturated carbocycles. The highest BCUT2D eigenvalue weighted by Crippen LogP contribution is 2.40. The molecule has 1 aliphatic carbocycles. The lowest BCUT2D eigenvalue weighted by Crippen LogP contribution is -2.09. The number of para-hydroxylation sites is 4. The average molecular weight is 885 g/mol. The molecule has 1 aliphatic rings. The maximum absolute atomic E-state index is 9.47. The molecule has 0 heterocycles. The smallest absolute Gasteiger partial charge is 0.126 e. The SMILES string of the molecule is N#Cc1ccc(COc2c3cccc2Cc2cccc(c2OCc2ccc(C#N)cc2)Cc2cccc(c2OCc2ccc(C#N)cc2)Cc2cccc(c2OCc2ccc(C#N)cc2)C3)cc1. The summed E-state index contributed by atoms with van der Waals surface area (Å²) in [5, 5.41) is 37.9. The zero-order valence-corrected chi connectivity index (χ0v) is 37.2. The standard InChI is InChI=1S/C60H44N4O4/c61-33-41-13-21-45(22-14-41)37-65-57-49-5-1-6-50(57)30-52-8-3-10-54(59(52)67-39-47-25-17-43(35-63)18-26-47)32-56-12-4-11-55(60(56)68-40-48-27-19-44(36-64)20-28-48)31-53-9-2-7-51(29-49)58(53)66-38-46-23-15-42(34-62)16-24-46/h1-28H,29-32,37-40H2. The molecule has 0 N–H and O–H groups in total. The molecule has 8 nitrogen and oxygen atoms in total. The quantitative estimate of drug-likeness (QED) is 0.118. The Morgan fingerprint density at radius 1 is 0.265 bits per heavy atom. The van der Waals surface area contributed by atoms with Crippen LogP contribution >= 0.6 is 0 Å². The minimum absolute atomic E-state index is 0.291. The maximum Gasteiger partial charge on any atom is 0.126 e. The Morgan fingerprint density at radius 2 is 0.441 bits per heavy atom. The topological polar surface area (TPSA) is 132 Å². The summed E-state index contributed by atoms with van der Waals surface area (Å²) in [4.78, 5) is 0. The van der Waals surface area contributed by atoms with Crippen molar-refractivity contribution in [1.29, 1.82) is 21.0 Å². The van der Waals surface area contributed by atoms with Crippen LogP contribution in [-0.4, -0.2) is 0 Å². The summed E-state index contributed by atoms with van der Waals surface area (Å²) < 4.78 is 27.5. The van der Waals surface area contributed by atoms with E-state index in [1.54, 1.807) is 48.5 Å². The van der Waals surface area contributed by atoms with E-state index in [0.29, 0.717) is 74.4 Å². The van der Waals surface area contributed by atoms with E-state index >= 15 is 0 Å². The minimum Gasteiger partial charge on any atom is -0.488 e. The molecule has 328 valence electrons. The summed E-state index contributed by atoms with van der Waals surface area (Å²) >= 11 is 0. The Bertz CT molecular complexity index is 2740. The van der Waals surface area contributed by atoms with Gasteiger partial charge in [-0.1, -0.05) is 121 Å². The third-order valence-electron chi connectivity index (χ3n) is 12.1. The second-order valence-electron chi connectivity index (χ2n) is 16.7. The first-order valence-corrected chi connectivity index (χ1v) is 22.4.